The molecule has 25 heavy (non-hydrogen) atoms. The van der Waals surface area contributed by atoms with E-state index >= 15 is 0 Å². The molecular formula is C19H30FN3O2. The van der Waals surface area contributed by atoms with Crippen LogP contribution in [0.3, 0.4) is 0 Å². The number of carbonyl (C=O) groups excluding carboxylic acids is 1. The molecule has 0 saturated carbocycles. The Labute approximate surface area is 149 Å². The molecule has 1 aliphatic heterocycles. The maximum absolute atomic E-state index is 14.4. The molecule has 0 bridgehead atoms. The Morgan fingerprint density at radius 1 is 1.40 bits per heavy atom. The monoisotopic (exact) mass is 351 g/mol. The van der Waals surface area contributed by atoms with Gasteiger partial charge in [0, 0.05) is 31.4 Å². The molecule has 0 aliphatic carbocycles. The van der Waals surface area contributed by atoms with E-state index in [1.54, 1.807) is 6.07 Å². The molecule has 1 amide bonds. The highest BCUT2D eigenvalue weighted by molar-refractivity contribution is 5.67. The van der Waals surface area contributed by atoms with E-state index in [9.17, 15) is 9.18 Å². The third-order valence-corrected chi connectivity index (χ3v) is 3.96. The Hall–Kier alpha value is -1.98. The molecule has 1 heterocycles. The molecule has 0 radical (unpaired) electrons. The van der Waals surface area contributed by atoms with Gasteiger partial charge in [-0.25, -0.2) is 9.18 Å². The van der Waals surface area contributed by atoms with Crippen LogP contribution < -0.4 is 15.5 Å². The first-order chi connectivity index (χ1) is 11.6. The largest absolute Gasteiger partial charge is 0.444 e. The second-order valence-electron chi connectivity index (χ2n) is 7.95. The molecule has 140 valence electrons. The van der Waals surface area contributed by atoms with Crippen molar-refractivity contribution in [3.8, 4) is 0 Å². The lowest BCUT2D eigenvalue weighted by atomic mass is 10.1. The van der Waals surface area contributed by atoms with Gasteiger partial charge in [0.25, 0.3) is 0 Å². The van der Waals surface area contributed by atoms with Crippen molar-refractivity contribution in [2.45, 2.75) is 52.7 Å². The summed E-state index contributed by atoms with van der Waals surface area (Å²) in [5, 5.41) is 6.01. The van der Waals surface area contributed by atoms with Crippen molar-refractivity contribution in [1.82, 2.24) is 5.32 Å². The van der Waals surface area contributed by atoms with Gasteiger partial charge in [-0.1, -0.05) is 0 Å². The summed E-state index contributed by atoms with van der Waals surface area (Å²) in [5.74, 6) is 0.0757. The first-order valence-corrected chi connectivity index (χ1v) is 8.92. The van der Waals surface area contributed by atoms with Gasteiger partial charge in [0.05, 0.1) is 5.69 Å². The Morgan fingerprint density at radius 3 is 2.72 bits per heavy atom. The van der Waals surface area contributed by atoms with E-state index in [-0.39, 0.29) is 11.9 Å². The molecule has 2 rings (SSSR count). The number of ether oxygens (including phenoxy) is 1. The fourth-order valence-electron chi connectivity index (χ4n) is 2.95. The molecule has 2 N–H and O–H groups in total. The van der Waals surface area contributed by atoms with Gasteiger partial charge in [-0.15, -0.1) is 0 Å². The van der Waals surface area contributed by atoms with Crippen LogP contribution in [0.5, 0.6) is 0 Å². The van der Waals surface area contributed by atoms with E-state index in [1.165, 1.54) is 0 Å². The molecule has 1 aromatic rings. The Bertz CT molecular complexity index is 599. The molecule has 1 saturated heterocycles. The van der Waals surface area contributed by atoms with Crippen LogP contribution in [0.15, 0.2) is 18.2 Å². The number of rotatable bonds is 5. The van der Waals surface area contributed by atoms with Crippen LogP contribution in [0, 0.1) is 11.7 Å². The fraction of sp³-hybridized carbons (Fsp3) is 0.632. The number of carbonyl (C=O) groups is 1. The molecule has 1 unspecified atom stereocenters. The number of benzene rings is 1. The first-order valence-electron chi connectivity index (χ1n) is 8.92. The summed E-state index contributed by atoms with van der Waals surface area (Å²) in [7, 11) is 0. The van der Waals surface area contributed by atoms with Gasteiger partial charge in [0.2, 0.25) is 0 Å². The summed E-state index contributed by atoms with van der Waals surface area (Å²) < 4.78 is 19.7. The summed E-state index contributed by atoms with van der Waals surface area (Å²) >= 11 is 0. The summed E-state index contributed by atoms with van der Waals surface area (Å²) in [4.78, 5) is 13.8. The highest BCUT2D eigenvalue weighted by atomic mass is 19.1. The van der Waals surface area contributed by atoms with Crippen molar-refractivity contribution in [1.29, 1.82) is 0 Å². The summed E-state index contributed by atoms with van der Waals surface area (Å²) in [6.07, 6.45) is 0.516. The van der Waals surface area contributed by atoms with Crippen molar-refractivity contribution in [3.63, 3.8) is 0 Å². The number of hydrogen-bond acceptors (Lipinski definition) is 4. The molecule has 5 nitrogen and oxygen atoms in total. The lowest BCUT2D eigenvalue weighted by Gasteiger charge is -2.22. The van der Waals surface area contributed by atoms with Gasteiger partial charge in [-0.05, 0) is 65.2 Å². The lowest BCUT2D eigenvalue weighted by Crippen LogP contribution is -2.36. The Kier molecular flexibility index (Phi) is 6.14. The molecule has 1 fully saturated rings. The number of hydrogen-bond donors (Lipinski definition) is 2. The molecule has 0 aromatic heterocycles. The first kappa shape index (κ1) is 19.3. The van der Waals surface area contributed by atoms with Crippen molar-refractivity contribution in [3.05, 3.63) is 24.0 Å². The van der Waals surface area contributed by atoms with Crippen LogP contribution >= 0.6 is 0 Å². The Balaban J connectivity index is 1.87. The SMILES string of the molecule is CC(C)Nc1ccc(N2CCC(CNC(=O)OC(C)(C)C)C2)c(F)c1. The van der Waals surface area contributed by atoms with Crippen molar-refractivity contribution < 1.29 is 13.9 Å². The van der Waals surface area contributed by atoms with E-state index in [0.717, 1.165) is 25.2 Å². The van der Waals surface area contributed by atoms with E-state index < -0.39 is 11.7 Å². The van der Waals surface area contributed by atoms with Gasteiger partial charge < -0.3 is 20.3 Å². The van der Waals surface area contributed by atoms with Crippen LogP contribution in [0.2, 0.25) is 0 Å². The minimum Gasteiger partial charge on any atom is -0.444 e. The predicted molar refractivity (Wildman–Crippen MR) is 99.7 cm³/mol. The zero-order chi connectivity index (χ0) is 18.6. The van der Waals surface area contributed by atoms with E-state index in [0.29, 0.717) is 18.2 Å². The highest BCUT2D eigenvalue weighted by Crippen LogP contribution is 2.28. The van der Waals surface area contributed by atoms with E-state index in [1.807, 2.05) is 51.7 Å². The average molecular weight is 351 g/mol. The summed E-state index contributed by atoms with van der Waals surface area (Å²) in [6, 6.07) is 5.54. The van der Waals surface area contributed by atoms with Crippen LogP contribution in [-0.2, 0) is 4.74 Å². The topological polar surface area (TPSA) is 53.6 Å². The number of anilines is 2. The summed E-state index contributed by atoms with van der Waals surface area (Å²) in [6.45, 7) is 11.6. The highest BCUT2D eigenvalue weighted by Gasteiger charge is 2.26. The average Bonchev–Trinajstić information content (AvgIpc) is 2.91. The standard InChI is InChI=1S/C19H30FN3O2/c1-13(2)22-15-6-7-17(16(20)10-15)23-9-8-14(12-23)11-21-18(24)25-19(3,4)5/h6-7,10,13-14,22H,8-9,11-12H2,1-5H3,(H,21,24). The van der Waals surface area contributed by atoms with Gasteiger partial charge in [-0.3, -0.25) is 0 Å². The maximum Gasteiger partial charge on any atom is 0.407 e. The normalized spacial score (nSPS) is 17.7. The van der Waals surface area contributed by atoms with Crippen molar-refractivity contribution in [2.24, 2.45) is 5.92 Å². The van der Waals surface area contributed by atoms with Gasteiger partial charge in [0.1, 0.15) is 11.4 Å². The number of nitrogens with zero attached hydrogens (tertiary/aromatic N) is 1. The Morgan fingerprint density at radius 2 is 2.12 bits per heavy atom. The quantitative estimate of drug-likeness (QED) is 0.842. The third-order valence-electron chi connectivity index (χ3n) is 3.96. The number of halogens is 1. The predicted octanol–water partition coefficient (Wildman–Crippen LogP) is 4.00. The smallest absolute Gasteiger partial charge is 0.407 e. The third kappa shape index (κ3) is 6.11. The van der Waals surface area contributed by atoms with Gasteiger partial charge in [0.15, 0.2) is 0 Å². The number of nitrogens with one attached hydrogen (secondary N) is 2. The zero-order valence-corrected chi connectivity index (χ0v) is 15.9. The lowest BCUT2D eigenvalue weighted by molar-refractivity contribution is 0.0520. The van der Waals surface area contributed by atoms with Crippen LogP contribution in [0.1, 0.15) is 41.0 Å². The van der Waals surface area contributed by atoms with Crippen LogP contribution in [0.4, 0.5) is 20.6 Å². The molecule has 1 aromatic carbocycles. The zero-order valence-electron chi connectivity index (χ0n) is 15.9. The van der Waals surface area contributed by atoms with Crippen molar-refractivity contribution >= 4 is 17.5 Å². The number of amides is 1. The molecule has 1 atom stereocenters. The minimum atomic E-state index is -0.499. The molecule has 0 spiro atoms. The molecule has 1 aliphatic rings. The second kappa shape index (κ2) is 7.93. The second-order valence-corrected chi connectivity index (χ2v) is 7.95. The van der Waals surface area contributed by atoms with Crippen LogP contribution in [-0.4, -0.2) is 37.4 Å². The summed E-state index contributed by atoms with van der Waals surface area (Å²) in [5.41, 5.74) is 0.911. The maximum atomic E-state index is 14.4. The van der Waals surface area contributed by atoms with Gasteiger partial charge in [-0.2, -0.15) is 0 Å². The number of alkyl carbamates (subject to hydrolysis) is 1. The van der Waals surface area contributed by atoms with Gasteiger partial charge >= 0.3 is 6.09 Å². The van der Waals surface area contributed by atoms with Crippen LogP contribution in [0.25, 0.3) is 0 Å². The van der Waals surface area contributed by atoms with E-state index in [2.05, 4.69) is 10.6 Å². The van der Waals surface area contributed by atoms with E-state index in [4.69, 9.17) is 4.74 Å². The van der Waals surface area contributed by atoms with Crippen molar-refractivity contribution in [2.75, 3.05) is 29.9 Å². The minimum absolute atomic E-state index is 0.216. The molecule has 6 heteroatoms. The molecular weight excluding hydrogens is 321 g/mol. The fourth-order valence-corrected chi connectivity index (χ4v) is 2.95.